The van der Waals surface area contributed by atoms with Crippen LogP contribution < -0.4 is 0 Å². The van der Waals surface area contributed by atoms with Gasteiger partial charge >= 0.3 is 0 Å². The van der Waals surface area contributed by atoms with Crippen molar-refractivity contribution in [3.05, 3.63) is 35.9 Å². The molecule has 0 saturated carbocycles. The van der Waals surface area contributed by atoms with E-state index in [-0.39, 0.29) is 5.91 Å². The van der Waals surface area contributed by atoms with E-state index in [1.807, 2.05) is 32.0 Å². The van der Waals surface area contributed by atoms with Crippen LogP contribution in [0, 0.1) is 11.8 Å². The largest absolute Gasteiger partial charge is 0.341 e. The molecular weight excluding hydrogens is 234 g/mol. The summed E-state index contributed by atoms with van der Waals surface area (Å²) in [7, 11) is 0. The summed E-state index contributed by atoms with van der Waals surface area (Å²) < 4.78 is 0. The number of carbonyl (C=O) groups excluding carboxylic acids is 1. The van der Waals surface area contributed by atoms with Gasteiger partial charge in [-0.3, -0.25) is 4.79 Å². The minimum atomic E-state index is -0.432. The van der Waals surface area contributed by atoms with E-state index >= 15 is 0 Å². The van der Waals surface area contributed by atoms with E-state index < -0.39 is 5.41 Å². The van der Waals surface area contributed by atoms with Gasteiger partial charge in [0.1, 0.15) is 0 Å². The minimum absolute atomic E-state index is 0.261. The van der Waals surface area contributed by atoms with Crippen LogP contribution in [0.4, 0.5) is 0 Å². The molecule has 2 atom stereocenters. The second kappa shape index (κ2) is 5.36. The van der Waals surface area contributed by atoms with E-state index in [2.05, 4.69) is 30.9 Å². The molecule has 0 aliphatic carbocycles. The van der Waals surface area contributed by atoms with Gasteiger partial charge in [0.25, 0.3) is 0 Å². The van der Waals surface area contributed by atoms with Crippen LogP contribution in [-0.2, 0) is 10.2 Å². The molecule has 2 unspecified atom stereocenters. The summed E-state index contributed by atoms with van der Waals surface area (Å²) in [5.41, 5.74) is 0.670. The quantitative estimate of drug-likeness (QED) is 0.796. The Morgan fingerprint density at radius 2 is 1.63 bits per heavy atom. The lowest BCUT2D eigenvalue weighted by molar-refractivity contribution is -0.139. The molecule has 1 heterocycles. The van der Waals surface area contributed by atoms with Crippen LogP contribution in [0.2, 0.25) is 0 Å². The predicted molar refractivity (Wildman–Crippen MR) is 79.0 cm³/mol. The Bertz CT molecular complexity index is 428. The third-order valence-corrected chi connectivity index (χ3v) is 4.19. The number of amides is 1. The van der Waals surface area contributed by atoms with Crippen molar-refractivity contribution in [2.24, 2.45) is 11.8 Å². The Morgan fingerprint density at radius 1 is 1.11 bits per heavy atom. The van der Waals surface area contributed by atoms with Gasteiger partial charge in [0.05, 0.1) is 5.41 Å². The Hall–Kier alpha value is -1.31. The van der Waals surface area contributed by atoms with Crippen molar-refractivity contribution in [2.75, 3.05) is 13.1 Å². The van der Waals surface area contributed by atoms with Gasteiger partial charge in [0.2, 0.25) is 5.91 Å². The summed E-state index contributed by atoms with van der Waals surface area (Å²) in [6.45, 7) is 10.4. The SMILES string of the molecule is CC1CC(C)CN(C(=O)C(C)(C)c2ccccc2)C1. The summed E-state index contributed by atoms with van der Waals surface area (Å²) >= 11 is 0. The van der Waals surface area contributed by atoms with Crippen LogP contribution in [-0.4, -0.2) is 23.9 Å². The van der Waals surface area contributed by atoms with Gasteiger partial charge in [-0.05, 0) is 37.7 Å². The molecule has 1 aromatic rings. The lowest BCUT2D eigenvalue weighted by Crippen LogP contribution is -2.49. The first-order chi connectivity index (χ1) is 8.91. The van der Waals surface area contributed by atoms with Gasteiger partial charge in [-0.1, -0.05) is 44.2 Å². The average Bonchev–Trinajstić information content (AvgIpc) is 2.37. The number of benzene rings is 1. The van der Waals surface area contributed by atoms with Crippen molar-refractivity contribution in [3.8, 4) is 0 Å². The third-order valence-electron chi connectivity index (χ3n) is 4.19. The molecule has 1 amide bonds. The van der Waals surface area contributed by atoms with E-state index in [1.54, 1.807) is 0 Å². The highest BCUT2D eigenvalue weighted by atomic mass is 16.2. The molecule has 2 rings (SSSR count). The van der Waals surface area contributed by atoms with Crippen LogP contribution in [0.3, 0.4) is 0 Å². The molecule has 1 aliphatic rings. The van der Waals surface area contributed by atoms with E-state index in [1.165, 1.54) is 6.42 Å². The minimum Gasteiger partial charge on any atom is -0.341 e. The van der Waals surface area contributed by atoms with Crippen molar-refractivity contribution in [1.82, 2.24) is 4.90 Å². The molecule has 0 aromatic heterocycles. The molecule has 1 aromatic carbocycles. The van der Waals surface area contributed by atoms with Crippen molar-refractivity contribution in [3.63, 3.8) is 0 Å². The predicted octanol–water partition coefficient (Wildman–Crippen LogP) is 3.47. The standard InChI is InChI=1S/C17H25NO/c1-13-10-14(2)12-18(11-13)16(19)17(3,4)15-8-6-5-7-9-15/h5-9,13-14H,10-12H2,1-4H3. The van der Waals surface area contributed by atoms with E-state index in [0.717, 1.165) is 18.7 Å². The normalized spacial score (nSPS) is 24.3. The molecule has 0 bridgehead atoms. The van der Waals surface area contributed by atoms with E-state index in [0.29, 0.717) is 11.8 Å². The zero-order chi connectivity index (χ0) is 14.0. The number of hydrogen-bond acceptors (Lipinski definition) is 1. The molecule has 1 aliphatic heterocycles. The molecule has 104 valence electrons. The summed E-state index contributed by atoms with van der Waals surface area (Å²) in [6, 6.07) is 10.1. The van der Waals surface area contributed by atoms with Gasteiger partial charge in [-0.25, -0.2) is 0 Å². The lowest BCUT2D eigenvalue weighted by Gasteiger charge is -2.39. The number of piperidine rings is 1. The van der Waals surface area contributed by atoms with Gasteiger partial charge in [0.15, 0.2) is 0 Å². The van der Waals surface area contributed by atoms with Crippen molar-refractivity contribution < 1.29 is 4.79 Å². The van der Waals surface area contributed by atoms with Crippen LogP contribution in [0.1, 0.15) is 39.7 Å². The number of nitrogens with zero attached hydrogens (tertiary/aromatic N) is 1. The second-order valence-electron chi connectivity index (χ2n) is 6.65. The molecule has 2 heteroatoms. The molecule has 19 heavy (non-hydrogen) atoms. The van der Waals surface area contributed by atoms with Crippen molar-refractivity contribution >= 4 is 5.91 Å². The van der Waals surface area contributed by atoms with Gasteiger partial charge in [-0.2, -0.15) is 0 Å². The Labute approximate surface area is 116 Å². The van der Waals surface area contributed by atoms with Crippen LogP contribution in [0.25, 0.3) is 0 Å². The highest BCUT2D eigenvalue weighted by molar-refractivity contribution is 5.87. The number of likely N-dealkylation sites (tertiary alicyclic amines) is 1. The van der Waals surface area contributed by atoms with E-state index in [4.69, 9.17) is 0 Å². The Morgan fingerprint density at radius 3 is 2.16 bits per heavy atom. The number of hydrogen-bond donors (Lipinski definition) is 0. The Balaban J connectivity index is 2.18. The monoisotopic (exact) mass is 259 g/mol. The van der Waals surface area contributed by atoms with E-state index in [9.17, 15) is 4.79 Å². The fourth-order valence-corrected chi connectivity index (χ4v) is 3.20. The van der Waals surface area contributed by atoms with Gasteiger partial charge < -0.3 is 4.90 Å². The lowest BCUT2D eigenvalue weighted by atomic mass is 9.81. The van der Waals surface area contributed by atoms with Crippen LogP contribution in [0.5, 0.6) is 0 Å². The highest BCUT2D eigenvalue weighted by Gasteiger charge is 2.36. The average molecular weight is 259 g/mol. The summed E-state index contributed by atoms with van der Waals surface area (Å²) in [5, 5.41) is 0. The fourth-order valence-electron chi connectivity index (χ4n) is 3.20. The molecule has 1 fully saturated rings. The molecule has 2 nitrogen and oxygen atoms in total. The maximum atomic E-state index is 12.8. The molecular formula is C17H25NO. The number of carbonyl (C=O) groups is 1. The molecule has 0 spiro atoms. The fraction of sp³-hybridized carbons (Fsp3) is 0.588. The van der Waals surface area contributed by atoms with Crippen molar-refractivity contribution in [1.29, 1.82) is 0 Å². The van der Waals surface area contributed by atoms with Gasteiger partial charge in [0, 0.05) is 13.1 Å². The maximum Gasteiger partial charge on any atom is 0.232 e. The van der Waals surface area contributed by atoms with Crippen LogP contribution in [0.15, 0.2) is 30.3 Å². The smallest absolute Gasteiger partial charge is 0.232 e. The third kappa shape index (κ3) is 2.99. The maximum absolute atomic E-state index is 12.8. The second-order valence-corrected chi connectivity index (χ2v) is 6.65. The Kier molecular flexibility index (Phi) is 3.98. The van der Waals surface area contributed by atoms with Crippen LogP contribution >= 0.6 is 0 Å². The molecule has 0 radical (unpaired) electrons. The van der Waals surface area contributed by atoms with Crippen molar-refractivity contribution in [2.45, 2.75) is 39.5 Å². The highest BCUT2D eigenvalue weighted by Crippen LogP contribution is 2.29. The first kappa shape index (κ1) is 14.1. The topological polar surface area (TPSA) is 20.3 Å². The first-order valence-electron chi connectivity index (χ1n) is 7.26. The summed E-state index contributed by atoms with van der Waals surface area (Å²) in [6.07, 6.45) is 1.23. The zero-order valence-electron chi connectivity index (χ0n) is 12.5. The summed E-state index contributed by atoms with van der Waals surface area (Å²) in [5.74, 6) is 1.48. The molecule has 1 saturated heterocycles. The van der Waals surface area contributed by atoms with Gasteiger partial charge in [-0.15, -0.1) is 0 Å². The number of rotatable bonds is 2. The molecule has 0 N–H and O–H groups in total. The zero-order valence-corrected chi connectivity index (χ0v) is 12.5. The first-order valence-corrected chi connectivity index (χ1v) is 7.26. The summed E-state index contributed by atoms with van der Waals surface area (Å²) in [4.78, 5) is 14.9.